The normalized spacial score (nSPS) is 19.0. The van der Waals surface area contributed by atoms with Crippen LogP contribution in [-0.4, -0.2) is 57.4 Å². The van der Waals surface area contributed by atoms with Crippen LogP contribution in [-0.2, 0) is 6.18 Å². The maximum absolute atomic E-state index is 13.1. The fourth-order valence-corrected chi connectivity index (χ4v) is 3.14. The fraction of sp³-hybridized carbons (Fsp3) is 0.667. The zero-order chi connectivity index (χ0) is 17.6. The lowest BCUT2D eigenvalue weighted by atomic mass is 10.2. The summed E-state index contributed by atoms with van der Waals surface area (Å²) in [6.45, 7) is 8.19. The van der Waals surface area contributed by atoms with Crippen LogP contribution in [0, 0.1) is 13.8 Å². The van der Waals surface area contributed by atoms with Crippen LogP contribution in [0.1, 0.15) is 30.3 Å². The van der Waals surface area contributed by atoms with Gasteiger partial charge in [0.1, 0.15) is 0 Å². The Kier molecular flexibility index (Phi) is 4.15. The molecule has 9 heteroatoms. The molecule has 1 atom stereocenters. The topological polar surface area (TPSA) is 49.6 Å². The van der Waals surface area contributed by atoms with Crippen LogP contribution in [0.2, 0.25) is 0 Å². The summed E-state index contributed by atoms with van der Waals surface area (Å²) in [6, 6.07) is 0.384. The predicted molar refractivity (Wildman–Crippen MR) is 84.2 cm³/mol. The Morgan fingerprint density at radius 3 is 2.54 bits per heavy atom. The number of anilines is 1. The molecule has 1 unspecified atom stereocenters. The monoisotopic (exact) mass is 342 g/mol. The Balaban J connectivity index is 2.04. The minimum Gasteiger partial charge on any atom is -0.353 e. The van der Waals surface area contributed by atoms with Crippen molar-refractivity contribution in [3.05, 3.63) is 17.0 Å². The van der Waals surface area contributed by atoms with E-state index in [9.17, 15) is 13.2 Å². The van der Waals surface area contributed by atoms with Crippen molar-refractivity contribution in [3.8, 4) is 0 Å². The molecule has 6 nitrogen and oxygen atoms in total. The summed E-state index contributed by atoms with van der Waals surface area (Å²) in [5, 5.41) is 11.2. The van der Waals surface area contributed by atoms with Crippen molar-refractivity contribution >= 4 is 11.5 Å². The van der Waals surface area contributed by atoms with E-state index in [2.05, 4.69) is 39.1 Å². The van der Waals surface area contributed by atoms with Crippen molar-refractivity contribution in [1.29, 1.82) is 0 Å². The number of nitrogens with zero attached hydrogens (tertiary/aromatic N) is 6. The van der Waals surface area contributed by atoms with Gasteiger partial charge in [-0.2, -0.15) is 17.7 Å². The van der Waals surface area contributed by atoms with Gasteiger partial charge < -0.3 is 9.80 Å². The molecule has 1 saturated heterocycles. The van der Waals surface area contributed by atoms with E-state index in [1.165, 1.54) is 0 Å². The number of halogens is 3. The molecule has 3 heterocycles. The zero-order valence-electron chi connectivity index (χ0n) is 14.2. The molecule has 0 radical (unpaired) electrons. The molecule has 1 aliphatic heterocycles. The van der Waals surface area contributed by atoms with E-state index in [1.54, 1.807) is 6.92 Å². The molecule has 1 aliphatic rings. The number of hydrogen-bond donors (Lipinski definition) is 0. The first-order chi connectivity index (χ1) is 11.2. The predicted octanol–water partition coefficient (Wildman–Crippen LogP) is 2.29. The molecule has 2 aromatic rings. The molecular weight excluding hydrogens is 321 g/mol. The lowest BCUT2D eigenvalue weighted by Gasteiger charge is -2.24. The molecule has 0 aromatic carbocycles. The fourth-order valence-electron chi connectivity index (χ4n) is 3.14. The number of aryl methyl sites for hydroxylation is 1. The second-order valence-electron chi connectivity index (χ2n) is 6.29. The minimum atomic E-state index is -4.58. The number of alkyl halides is 3. The highest BCUT2D eigenvalue weighted by molar-refractivity contribution is 5.59. The maximum atomic E-state index is 13.1. The third-order valence-electron chi connectivity index (χ3n) is 4.91. The number of rotatable bonds is 3. The Morgan fingerprint density at radius 1 is 1.21 bits per heavy atom. The van der Waals surface area contributed by atoms with Crippen molar-refractivity contribution in [2.45, 2.75) is 39.4 Å². The van der Waals surface area contributed by atoms with Gasteiger partial charge in [-0.3, -0.25) is 0 Å². The largest absolute Gasteiger partial charge is 0.453 e. The highest BCUT2D eigenvalue weighted by Crippen LogP contribution is 2.31. The van der Waals surface area contributed by atoms with Gasteiger partial charge in [-0.1, -0.05) is 6.92 Å². The molecule has 132 valence electrons. The van der Waals surface area contributed by atoms with Gasteiger partial charge in [0.15, 0.2) is 11.5 Å². The first kappa shape index (κ1) is 16.9. The van der Waals surface area contributed by atoms with Gasteiger partial charge in [-0.25, -0.2) is 0 Å². The van der Waals surface area contributed by atoms with Gasteiger partial charge in [-0.05, 0) is 33.9 Å². The van der Waals surface area contributed by atoms with Crippen molar-refractivity contribution in [1.82, 2.24) is 24.7 Å². The molecule has 0 bridgehead atoms. The van der Waals surface area contributed by atoms with E-state index in [4.69, 9.17) is 0 Å². The molecule has 24 heavy (non-hydrogen) atoms. The molecule has 0 N–H and O–H groups in total. The van der Waals surface area contributed by atoms with Gasteiger partial charge in [-0.15, -0.1) is 15.3 Å². The Labute approximate surface area is 138 Å². The summed E-state index contributed by atoms with van der Waals surface area (Å²) in [5.41, 5.74) is 1.68. The molecule has 0 amide bonds. The molecule has 0 saturated carbocycles. The summed E-state index contributed by atoms with van der Waals surface area (Å²) in [5.74, 6) is -0.499. The lowest BCUT2D eigenvalue weighted by Crippen LogP contribution is -2.34. The van der Waals surface area contributed by atoms with Gasteiger partial charge in [0.05, 0.1) is 0 Å². The smallest absolute Gasteiger partial charge is 0.353 e. The van der Waals surface area contributed by atoms with Crippen LogP contribution < -0.4 is 4.90 Å². The highest BCUT2D eigenvalue weighted by Gasteiger charge is 2.38. The first-order valence-electron chi connectivity index (χ1n) is 7.99. The number of aromatic nitrogens is 4. The van der Waals surface area contributed by atoms with E-state index in [-0.39, 0.29) is 5.65 Å². The molecule has 0 aliphatic carbocycles. The van der Waals surface area contributed by atoms with E-state index in [1.807, 2.05) is 6.92 Å². The van der Waals surface area contributed by atoms with Crippen LogP contribution >= 0.6 is 0 Å². The molecule has 0 spiro atoms. The average molecular weight is 342 g/mol. The van der Waals surface area contributed by atoms with Gasteiger partial charge >= 0.3 is 6.18 Å². The van der Waals surface area contributed by atoms with Crippen LogP contribution in [0.25, 0.3) is 5.65 Å². The summed E-state index contributed by atoms with van der Waals surface area (Å²) in [7, 11) is 2.06. The van der Waals surface area contributed by atoms with Crippen molar-refractivity contribution < 1.29 is 13.2 Å². The molecule has 2 aromatic heterocycles. The molecule has 3 rings (SSSR count). The van der Waals surface area contributed by atoms with Gasteiger partial charge in [0, 0.05) is 30.3 Å². The summed E-state index contributed by atoms with van der Waals surface area (Å²) >= 11 is 0. The SMILES string of the molecule is CCN(C)C1CCN(c2nn3c(C(F)(F)F)nnc3c(C)c2C)C1. The first-order valence-corrected chi connectivity index (χ1v) is 7.99. The average Bonchev–Trinajstić information content (AvgIpc) is 3.16. The van der Waals surface area contributed by atoms with E-state index < -0.39 is 12.0 Å². The Hall–Kier alpha value is -1.90. The lowest BCUT2D eigenvalue weighted by molar-refractivity contribution is -0.146. The van der Waals surface area contributed by atoms with Crippen LogP contribution in [0.4, 0.5) is 19.0 Å². The third-order valence-corrected chi connectivity index (χ3v) is 4.91. The van der Waals surface area contributed by atoms with Crippen LogP contribution in [0.3, 0.4) is 0 Å². The highest BCUT2D eigenvalue weighted by atomic mass is 19.4. The maximum Gasteiger partial charge on any atom is 0.453 e. The number of fused-ring (bicyclic) bond motifs is 1. The van der Waals surface area contributed by atoms with Crippen LogP contribution in [0.5, 0.6) is 0 Å². The molecule has 1 fully saturated rings. The van der Waals surface area contributed by atoms with Crippen molar-refractivity contribution in [2.24, 2.45) is 0 Å². The second kappa shape index (κ2) is 5.87. The second-order valence-corrected chi connectivity index (χ2v) is 6.29. The minimum absolute atomic E-state index is 0.157. The van der Waals surface area contributed by atoms with Crippen LogP contribution in [0.15, 0.2) is 0 Å². The summed E-state index contributed by atoms with van der Waals surface area (Å²) < 4.78 is 40.2. The van der Waals surface area contributed by atoms with E-state index in [0.29, 0.717) is 17.4 Å². The third kappa shape index (κ3) is 2.70. The van der Waals surface area contributed by atoms with Gasteiger partial charge in [0.25, 0.3) is 5.82 Å². The number of likely N-dealkylation sites (N-methyl/N-ethyl adjacent to an activating group) is 1. The van der Waals surface area contributed by atoms with Crippen molar-refractivity contribution in [3.63, 3.8) is 0 Å². The molecular formula is C15H21F3N6. The summed E-state index contributed by atoms with van der Waals surface area (Å²) in [6.07, 6.45) is -3.61. The zero-order valence-corrected chi connectivity index (χ0v) is 14.2. The Morgan fingerprint density at radius 2 is 1.92 bits per heavy atom. The Bertz CT molecular complexity index is 754. The summed E-state index contributed by atoms with van der Waals surface area (Å²) in [4.78, 5) is 4.30. The van der Waals surface area contributed by atoms with E-state index in [0.717, 1.165) is 36.1 Å². The number of hydrogen-bond acceptors (Lipinski definition) is 5. The van der Waals surface area contributed by atoms with Gasteiger partial charge in [0.2, 0.25) is 0 Å². The quantitative estimate of drug-likeness (QED) is 0.857. The van der Waals surface area contributed by atoms with E-state index >= 15 is 0 Å². The standard InChI is InChI=1S/C15H21F3N6/c1-5-22(4)11-6-7-23(8-11)13-10(3)9(2)12-19-20-14(15(16,17)18)24(12)21-13/h11H,5-8H2,1-4H3. The van der Waals surface area contributed by atoms with Crippen molar-refractivity contribution in [2.75, 3.05) is 31.6 Å².